The molecule has 2 rings (SSSR count). The number of rotatable bonds is 3. The zero-order valence-electron chi connectivity index (χ0n) is 8.09. The Hall–Kier alpha value is -0.600. The maximum atomic E-state index is 5.66. The summed E-state index contributed by atoms with van der Waals surface area (Å²) in [5.74, 6) is 0.717. The van der Waals surface area contributed by atoms with E-state index in [1.165, 1.54) is 15.3 Å². The molecule has 0 unspecified atom stereocenters. The number of alkyl halides is 1. The molecule has 0 aliphatic carbocycles. The van der Waals surface area contributed by atoms with Gasteiger partial charge in [-0.2, -0.15) is 0 Å². The van der Waals surface area contributed by atoms with Gasteiger partial charge in [-0.3, -0.25) is 0 Å². The molecule has 74 valence electrons. The standard InChI is InChI=1S/C11H12ClNS/c1-8-4-2-5-9-11(8)13-10(14-9)6-3-7-12/h2,4-5H,3,6-7H2,1H3. The van der Waals surface area contributed by atoms with Crippen LogP contribution >= 0.6 is 22.9 Å². The van der Waals surface area contributed by atoms with Gasteiger partial charge in [0.15, 0.2) is 0 Å². The molecule has 0 saturated carbocycles. The molecule has 0 spiro atoms. The molecule has 0 radical (unpaired) electrons. The maximum Gasteiger partial charge on any atom is 0.0939 e. The number of aromatic nitrogens is 1. The Morgan fingerprint density at radius 3 is 3.00 bits per heavy atom. The average Bonchev–Trinajstić information content (AvgIpc) is 2.59. The smallest absolute Gasteiger partial charge is 0.0939 e. The topological polar surface area (TPSA) is 12.9 Å². The zero-order chi connectivity index (χ0) is 9.97. The van der Waals surface area contributed by atoms with Crippen LogP contribution in [0, 0.1) is 6.92 Å². The van der Waals surface area contributed by atoms with Crippen LogP contribution in [0.15, 0.2) is 18.2 Å². The highest BCUT2D eigenvalue weighted by Crippen LogP contribution is 2.25. The molecule has 0 aliphatic heterocycles. The van der Waals surface area contributed by atoms with E-state index in [2.05, 4.69) is 30.1 Å². The van der Waals surface area contributed by atoms with E-state index in [1.807, 2.05) is 0 Å². The normalized spacial score (nSPS) is 11.0. The summed E-state index contributed by atoms with van der Waals surface area (Å²) in [6.45, 7) is 2.10. The Labute approximate surface area is 92.7 Å². The van der Waals surface area contributed by atoms with Crippen LogP contribution in [0.1, 0.15) is 17.0 Å². The summed E-state index contributed by atoms with van der Waals surface area (Å²) in [5, 5.41) is 1.20. The van der Waals surface area contributed by atoms with Crippen molar-refractivity contribution >= 4 is 33.2 Å². The predicted octanol–water partition coefficient (Wildman–Crippen LogP) is 3.78. The molecule has 0 saturated heterocycles. The van der Waals surface area contributed by atoms with Crippen molar-refractivity contribution in [1.82, 2.24) is 4.98 Å². The fraction of sp³-hybridized carbons (Fsp3) is 0.364. The van der Waals surface area contributed by atoms with Crippen LogP contribution < -0.4 is 0 Å². The average molecular weight is 226 g/mol. The summed E-state index contributed by atoms with van der Waals surface area (Å²) in [6, 6.07) is 6.32. The number of nitrogens with zero attached hydrogens (tertiary/aromatic N) is 1. The Morgan fingerprint density at radius 2 is 2.29 bits per heavy atom. The molecule has 0 atom stereocenters. The largest absolute Gasteiger partial charge is 0.241 e. The highest BCUT2D eigenvalue weighted by Gasteiger charge is 2.04. The van der Waals surface area contributed by atoms with Gasteiger partial charge in [0.05, 0.1) is 15.2 Å². The van der Waals surface area contributed by atoms with Gasteiger partial charge in [0.25, 0.3) is 0 Å². The minimum atomic E-state index is 0.717. The lowest BCUT2D eigenvalue weighted by Crippen LogP contribution is -1.84. The molecule has 0 amide bonds. The second-order valence-electron chi connectivity index (χ2n) is 3.32. The van der Waals surface area contributed by atoms with Crippen LogP contribution in [0.2, 0.25) is 0 Å². The lowest BCUT2D eigenvalue weighted by molar-refractivity contribution is 0.919. The number of para-hydroxylation sites is 1. The summed E-state index contributed by atoms with van der Waals surface area (Å²) in [5.41, 5.74) is 2.41. The van der Waals surface area contributed by atoms with E-state index in [9.17, 15) is 0 Å². The van der Waals surface area contributed by atoms with E-state index >= 15 is 0 Å². The molecule has 1 nitrogen and oxygen atoms in total. The van der Waals surface area contributed by atoms with Crippen LogP contribution in [0.25, 0.3) is 10.2 Å². The van der Waals surface area contributed by atoms with Gasteiger partial charge < -0.3 is 0 Å². The first-order valence-corrected chi connectivity index (χ1v) is 6.07. The zero-order valence-corrected chi connectivity index (χ0v) is 9.66. The molecule has 3 heteroatoms. The second-order valence-corrected chi connectivity index (χ2v) is 4.81. The van der Waals surface area contributed by atoms with E-state index in [0.29, 0.717) is 0 Å². The van der Waals surface area contributed by atoms with Gasteiger partial charge in [-0.25, -0.2) is 4.98 Å². The van der Waals surface area contributed by atoms with Crippen molar-refractivity contribution < 1.29 is 0 Å². The summed E-state index contributed by atoms with van der Waals surface area (Å²) in [4.78, 5) is 4.61. The lowest BCUT2D eigenvalue weighted by Gasteiger charge is -1.91. The van der Waals surface area contributed by atoms with Gasteiger partial charge in [0, 0.05) is 12.3 Å². The molecular formula is C11H12ClNS. The van der Waals surface area contributed by atoms with Gasteiger partial charge >= 0.3 is 0 Å². The minimum absolute atomic E-state index is 0.717. The number of benzene rings is 1. The quantitative estimate of drug-likeness (QED) is 0.725. The molecular weight excluding hydrogens is 214 g/mol. The van der Waals surface area contributed by atoms with Crippen molar-refractivity contribution in [3.8, 4) is 0 Å². The molecule has 1 heterocycles. The monoisotopic (exact) mass is 225 g/mol. The lowest BCUT2D eigenvalue weighted by atomic mass is 10.2. The van der Waals surface area contributed by atoms with Crippen LogP contribution in [-0.4, -0.2) is 10.9 Å². The van der Waals surface area contributed by atoms with Gasteiger partial charge in [-0.1, -0.05) is 12.1 Å². The first-order valence-electron chi connectivity index (χ1n) is 4.72. The summed E-state index contributed by atoms with van der Waals surface area (Å²) in [6.07, 6.45) is 2.02. The van der Waals surface area contributed by atoms with Gasteiger partial charge in [-0.15, -0.1) is 22.9 Å². The first-order chi connectivity index (χ1) is 6.81. The molecule has 14 heavy (non-hydrogen) atoms. The molecule has 0 fully saturated rings. The highest BCUT2D eigenvalue weighted by molar-refractivity contribution is 7.18. The molecule has 0 bridgehead atoms. The molecule has 0 aliphatic rings. The fourth-order valence-electron chi connectivity index (χ4n) is 1.46. The van der Waals surface area contributed by atoms with Crippen molar-refractivity contribution in [2.45, 2.75) is 19.8 Å². The second kappa shape index (κ2) is 4.28. The van der Waals surface area contributed by atoms with Crippen molar-refractivity contribution in [1.29, 1.82) is 0 Å². The number of halogens is 1. The van der Waals surface area contributed by atoms with E-state index in [-0.39, 0.29) is 0 Å². The van der Waals surface area contributed by atoms with E-state index in [4.69, 9.17) is 11.6 Å². The Bertz CT molecular complexity index is 436. The number of hydrogen-bond donors (Lipinski definition) is 0. The molecule has 1 aromatic carbocycles. The van der Waals surface area contributed by atoms with Gasteiger partial charge in [0.2, 0.25) is 0 Å². The van der Waals surface area contributed by atoms with E-state index < -0.39 is 0 Å². The third-order valence-electron chi connectivity index (χ3n) is 2.19. The summed E-state index contributed by atoms with van der Waals surface area (Å²) in [7, 11) is 0. The number of hydrogen-bond acceptors (Lipinski definition) is 2. The highest BCUT2D eigenvalue weighted by atomic mass is 35.5. The summed E-state index contributed by atoms with van der Waals surface area (Å²) >= 11 is 7.44. The molecule has 1 aromatic heterocycles. The van der Waals surface area contributed by atoms with E-state index in [0.717, 1.165) is 24.2 Å². The van der Waals surface area contributed by atoms with Gasteiger partial charge in [0.1, 0.15) is 0 Å². The van der Waals surface area contributed by atoms with Crippen molar-refractivity contribution in [2.75, 3.05) is 5.88 Å². The van der Waals surface area contributed by atoms with Crippen molar-refractivity contribution in [3.63, 3.8) is 0 Å². The SMILES string of the molecule is Cc1cccc2sc(CCCCl)nc12. The maximum absolute atomic E-state index is 5.66. The van der Waals surface area contributed by atoms with Crippen molar-refractivity contribution in [2.24, 2.45) is 0 Å². The van der Waals surface area contributed by atoms with Crippen LogP contribution in [0.4, 0.5) is 0 Å². The third-order valence-corrected chi connectivity index (χ3v) is 3.54. The first kappa shape index (κ1) is 9.94. The fourth-order valence-corrected chi connectivity index (χ4v) is 2.68. The Kier molecular flexibility index (Phi) is 3.04. The van der Waals surface area contributed by atoms with Gasteiger partial charge in [-0.05, 0) is 25.0 Å². The number of aryl methyl sites for hydroxylation is 2. The third kappa shape index (κ3) is 1.91. The minimum Gasteiger partial charge on any atom is -0.241 e. The molecule has 0 N–H and O–H groups in total. The number of fused-ring (bicyclic) bond motifs is 1. The Morgan fingerprint density at radius 1 is 1.43 bits per heavy atom. The predicted molar refractivity (Wildman–Crippen MR) is 63.4 cm³/mol. The number of thiazole rings is 1. The van der Waals surface area contributed by atoms with E-state index in [1.54, 1.807) is 11.3 Å². The summed E-state index contributed by atoms with van der Waals surface area (Å²) < 4.78 is 1.29. The van der Waals surface area contributed by atoms with Crippen LogP contribution in [-0.2, 0) is 6.42 Å². The van der Waals surface area contributed by atoms with Crippen molar-refractivity contribution in [3.05, 3.63) is 28.8 Å². The molecule has 2 aromatic rings. The van der Waals surface area contributed by atoms with Crippen LogP contribution in [0.3, 0.4) is 0 Å². The van der Waals surface area contributed by atoms with Crippen LogP contribution in [0.5, 0.6) is 0 Å². The Balaban J connectivity index is 2.36.